The van der Waals surface area contributed by atoms with Crippen LogP contribution in [0.3, 0.4) is 0 Å². The van der Waals surface area contributed by atoms with Gasteiger partial charge in [-0.15, -0.1) is 0 Å². The SMILES string of the molecule is CC(C)[C@@H](C(=O)OCOC(=O)N(C)[C@]1(c2ccccc2Cl)CCCCC1=O)N(C)C.CC(C)[C@H](N)C(=O)OCOC(=O)N(C)[C@]1(c2ccccc2Cl)CCCCC1=O.CO.O=C(O)C(F)(F)F. The number of amides is 2. The second-order valence-electron chi connectivity index (χ2n) is 16.3. The standard InChI is InChI=1S/C22H31ClN2O5.C20H27ClN2O5.C2HF3O2.CH4O/c1-15(2)19(24(3)4)20(27)29-14-30-21(28)25(5)22(13-9-8-12-18(22)26)16-10-6-7-11-17(16)23;1-13(2)17(22)18(25)27-12-28-19(26)23(3)20(11-7-6-10-16(20)24)14-8-4-5-9-15(14)21;3-2(4,5)1(6)7;1-2/h6-7,10-11,15,19H,8-9,12-14H2,1-5H3;4-5,8-9,13,17H,6-7,10-12,22H2,1-3H3;(H,6,7);2H,1H3/t19-,22-;17-,20-;;/m00../s1. The van der Waals surface area contributed by atoms with Crippen molar-refractivity contribution in [1.29, 1.82) is 0 Å². The molecule has 0 aliphatic heterocycles. The van der Waals surface area contributed by atoms with Gasteiger partial charge in [0.1, 0.15) is 23.2 Å². The maximum absolute atomic E-state index is 13.0. The first kappa shape index (κ1) is 60.0. The average Bonchev–Trinajstić information content (AvgIpc) is 3.27. The largest absolute Gasteiger partial charge is 0.490 e. The fraction of sp³-hybridized carbons (Fsp3) is 0.578. The van der Waals surface area contributed by atoms with Crippen molar-refractivity contribution in [3.8, 4) is 0 Å². The van der Waals surface area contributed by atoms with Crippen LogP contribution in [0.5, 0.6) is 0 Å². The summed E-state index contributed by atoms with van der Waals surface area (Å²) in [5.41, 5.74) is 4.46. The van der Waals surface area contributed by atoms with Crippen molar-refractivity contribution in [2.45, 2.75) is 108 Å². The molecule has 22 heteroatoms. The number of carbonyl (C=O) groups is 7. The Morgan fingerprint density at radius 3 is 1.33 bits per heavy atom. The molecule has 67 heavy (non-hydrogen) atoms. The minimum Gasteiger partial charge on any atom is -0.475 e. The monoisotopic (exact) mass is 994 g/mol. The van der Waals surface area contributed by atoms with E-state index in [1.54, 1.807) is 81.4 Å². The number of alkyl halides is 3. The van der Waals surface area contributed by atoms with Gasteiger partial charge in [0.2, 0.25) is 13.6 Å². The van der Waals surface area contributed by atoms with Crippen molar-refractivity contribution in [1.82, 2.24) is 14.7 Å². The Morgan fingerprint density at radius 2 is 1.03 bits per heavy atom. The summed E-state index contributed by atoms with van der Waals surface area (Å²) in [6.07, 6.45) is -1.92. The summed E-state index contributed by atoms with van der Waals surface area (Å²) in [5, 5.41) is 15.0. The molecule has 376 valence electrons. The number of halogens is 5. The minimum atomic E-state index is -5.08. The minimum absolute atomic E-state index is 0.0363. The maximum Gasteiger partial charge on any atom is 0.490 e. The van der Waals surface area contributed by atoms with E-state index in [0.29, 0.717) is 46.9 Å². The van der Waals surface area contributed by atoms with Gasteiger partial charge in [-0.05, 0) is 76.6 Å². The number of nitrogens with zero attached hydrogens (tertiary/aromatic N) is 3. The van der Waals surface area contributed by atoms with E-state index in [9.17, 15) is 41.9 Å². The summed E-state index contributed by atoms with van der Waals surface area (Å²) >= 11 is 12.8. The number of rotatable bonds is 13. The second-order valence-corrected chi connectivity index (χ2v) is 17.1. The fourth-order valence-corrected chi connectivity index (χ4v) is 8.16. The highest BCUT2D eigenvalue weighted by molar-refractivity contribution is 6.32. The summed E-state index contributed by atoms with van der Waals surface area (Å²) in [6, 6.07) is 12.8. The van der Waals surface area contributed by atoms with Crippen LogP contribution >= 0.6 is 23.2 Å². The zero-order valence-corrected chi connectivity index (χ0v) is 40.7. The van der Waals surface area contributed by atoms with E-state index in [2.05, 4.69) is 0 Å². The molecule has 2 aromatic rings. The molecule has 0 aromatic heterocycles. The van der Waals surface area contributed by atoms with Gasteiger partial charge in [-0.25, -0.2) is 14.4 Å². The number of nitrogens with two attached hydrogens (primary N) is 1. The smallest absolute Gasteiger partial charge is 0.475 e. The lowest BCUT2D eigenvalue weighted by molar-refractivity contribution is -0.192. The molecule has 17 nitrogen and oxygen atoms in total. The third-order valence-corrected chi connectivity index (χ3v) is 11.7. The Balaban J connectivity index is 0.000000568. The zero-order valence-electron chi connectivity index (χ0n) is 39.2. The molecule has 2 fully saturated rings. The number of aliphatic carboxylic acids is 1. The number of aliphatic hydroxyl groups excluding tert-OH is 1. The number of carbonyl (C=O) groups excluding carboxylic acids is 6. The molecule has 4 atom stereocenters. The quantitative estimate of drug-likeness (QED) is 0.132. The Bertz CT molecular complexity index is 1980. The van der Waals surface area contributed by atoms with Crippen LogP contribution in [0.1, 0.15) is 90.2 Å². The van der Waals surface area contributed by atoms with Gasteiger partial charge in [0.05, 0.1) is 0 Å². The molecule has 0 unspecified atom stereocenters. The van der Waals surface area contributed by atoms with Crippen LogP contribution in [0.25, 0.3) is 0 Å². The normalized spacial score (nSPS) is 18.9. The predicted octanol–water partition coefficient (Wildman–Crippen LogP) is 7.31. The summed E-state index contributed by atoms with van der Waals surface area (Å²) in [5.74, 6) is -4.12. The van der Waals surface area contributed by atoms with Crippen LogP contribution < -0.4 is 5.73 Å². The number of ketones is 2. The van der Waals surface area contributed by atoms with Gasteiger partial charge >= 0.3 is 36.3 Å². The number of ether oxygens (including phenoxy) is 4. The molecule has 2 aromatic carbocycles. The lowest BCUT2D eigenvalue weighted by atomic mass is 9.74. The highest BCUT2D eigenvalue weighted by Crippen LogP contribution is 2.44. The van der Waals surface area contributed by atoms with E-state index >= 15 is 0 Å². The summed E-state index contributed by atoms with van der Waals surface area (Å²) in [4.78, 5) is 88.8. The van der Waals surface area contributed by atoms with Crippen molar-refractivity contribution >= 4 is 64.9 Å². The van der Waals surface area contributed by atoms with Crippen LogP contribution in [0.4, 0.5) is 22.8 Å². The van der Waals surface area contributed by atoms with Crippen LogP contribution in [0.2, 0.25) is 10.0 Å². The van der Waals surface area contributed by atoms with E-state index in [1.807, 2.05) is 13.8 Å². The van der Waals surface area contributed by atoms with Crippen LogP contribution in [-0.4, -0.2) is 134 Å². The number of carboxylic acids is 1. The number of aliphatic hydroxyl groups is 1. The van der Waals surface area contributed by atoms with Gasteiger partial charge in [0, 0.05) is 55.2 Å². The number of likely N-dealkylation sites (N-methyl/N-ethyl adjacent to an activating group) is 3. The Kier molecular flexibility index (Phi) is 24.8. The van der Waals surface area contributed by atoms with Crippen molar-refractivity contribution in [3.63, 3.8) is 0 Å². The Hall–Kier alpha value is -5.02. The lowest BCUT2D eigenvalue weighted by Gasteiger charge is -2.43. The molecular weight excluding hydrogens is 932 g/mol. The van der Waals surface area contributed by atoms with Crippen LogP contribution in [-0.2, 0) is 54.0 Å². The third kappa shape index (κ3) is 16.0. The third-order valence-electron chi connectivity index (χ3n) is 11.1. The van der Waals surface area contributed by atoms with E-state index in [0.717, 1.165) is 32.8 Å². The Morgan fingerprint density at radius 1 is 0.672 bits per heavy atom. The first-order valence-electron chi connectivity index (χ1n) is 21.2. The van der Waals surface area contributed by atoms with Gasteiger partial charge < -0.3 is 34.9 Å². The number of carboxylic acid groups (broad SMARTS) is 1. The summed E-state index contributed by atoms with van der Waals surface area (Å²) in [7, 11) is 7.59. The molecule has 2 aliphatic rings. The first-order valence-corrected chi connectivity index (χ1v) is 21.9. The van der Waals surface area contributed by atoms with Gasteiger partial charge in [-0.3, -0.25) is 33.9 Å². The number of hydrogen-bond acceptors (Lipinski definition) is 14. The van der Waals surface area contributed by atoms with E-state index < -0.39 is 73.0 Å². The molecule has 4 rings (SSSR count). The van der Waals surface area contributed by atoms with Gasteiger partial charge in [0.25, 0.3) is 0 Å². The van der Waals surface area contributed by atoms with E-state index in [1.165, 1.54) is 23.9 Å². The molecule has 2 amide bonds. The number of benzene rings is 2. The maximum atomic E-state index is 13.0. The number of esters is 2. The summed E-state index contributed by atoms with van der Waals surface area (Å²) < 4.78 is 52.1. The average molecular weight is 996 g/mol. The predicted molar refractivity (Wildman–Crippen MR) is 241 cm³/mol. The number of hydrogen-bond donors (Lipinski definition) is 3. The molecule has 0 bridgehead atoms. The van der Waals surface area contributed by atoms with Gasteiger partial charge in [-0.2, -0.15) is 13.2 Å². The molecular formula is C45H63Cl2F3N4O13. The first-order chi connectivity index (χ1) is 31.3. The molecule has 4 N–H and O–H groups in total. The molecule has 0 radical (unpaired) electrons. The van der Waals surface area contributed by atoms with Crippen LogP contribution in [0.15, 0.2) is 48.5 Å². The second kappa shape index (κ2) is 27.7. The van der Waals surface area contributed by atoms with Crippen molar-refractivity contribution in [3.05, 3.63) is 69.7 Å². The van der Waals surface area contributed by atoms with Gasteiger partial charge in [-0.1, -0.05) is 87.3 Å². The Labute approximate surface area is 398 Å². The lowest BCUT2D eigenvalue weighted by Crippen LogP contribution is -2.54. The topological polar surface area (TPSA) is 233 Å². The number of Topliss-reactive ketones (excluding diaryl/α,β-unsaturated/α-hetero) is 2. The van der Waals surface area contributed by atoms with Crippen molar-refractivity contribution < 1.29 is 75.9 Å². The summed E-state index contributed by atoms with van der Waals surface area (Å²) in [6.45, 7) is 6.30. The molecule has 0 heterocycles. The van der Waals surface area contributed by atoms with E-state index in [4.69, 9.17) is 62.9 Å². The fourth-order valence-electron chi connectivity index (χ4n) is 7.57. The van der Waals surface area contributed by atoms with Gasteiger partial charge in [0.15, 0.2) is 11.6 Å². The van der Waals surface area contributed by atoms with Crippen molar-refractivity contribution in [2.24, 2.45) is 17.6 Å². The van der Waals surface area contributed by atoms with Crippen LogP contribution in [0, 0.1) is 11.8 Å². The highest BCUT2D eigenvalue weighted by Gasteiger charge is 2.50. The van der Waals surface area contributed by atoms with Crippen molar-refractivity contribution in [2.75, 3.05) is 48.9 Å². The van der Waals surface area contributed by atoms with E-state index in [-0.39, 0.29) is 23.4 Å². The molecule has 0 spiro atoms. The molecule has 2 aliphatic carbocycles. The highest BCUT2D eigenvalue weighted by atomic mass is 35.5. The molecule has 2 saturated carbocycles. The zero-order chi connectivity index (χ0) is 51.4. The molecule has 0 saturated heterocycles.